The van der Waals surface area contributed by atoms with E-state index < -0.39 is 22.3 Å². The van der Waals surface area contributed by atoms with Crippen molar-refractivity contribution in [3.63, 3.8) is 0 Å². The van der Waals surface area contributed by atoms with Gasteiger partial charge in [0.15, 0.2) is 5.75 Å². The molecule has 21 heavy (non-hydrogen) atoms. The number of rotatable bonds is 6. The molecule has 0 unspecified atom stereocenters. The van der Waals surface area contributed by atoms with Gasteiger partial charge < -0.3 is 14.6 Å². The number of methoxy groups -OCH3 is 1. The summed E-state index contributed by atoms with van der Waals surface area (Å²) in [7, 11) is 1.43. The number of esters is 1. The summed E-state index contributed by atoms with van der Waals surface area (Å²) in [5, 5.41) is 28.9. The molecule has 0 saturated carbocycles. The highest BCUT2D eigenvalue weighted by atomic mass is 16.6. The largest absolute Gasteiger partial charge is 0.502 e. The zero-order valence-electron chi connectivity index (χ0n) is 11.1. The Bertz CT molecular complexity index is 618. The van der Waals surface area contributed by atoms with Crippen LogP contribution in [-0.2, 0) is 14.3 Å². The zero-order chi connectivity index (χ0) is 15.8. The number of nitriles is 1. The smallest absolute Gasteiger partial charge is 0.348 e. The number of benzene rings is 1. The molecule has 0 aliphatic rings. The lowest BCUT2D eigenvalue weighted by molar-refractivity contribution is -0.385. The van der Waals surface area contributed by atoms with E-state index >= 15 is 0 Å². The number of hydrogen-bond acceptors (Lipinski definition) is 7. The molecule has 1 N–H and O–H groups in total. The summed E-state index contributed by atoms with van der Waals surface area (Å²) in [5.74, 6) is -1.36. The second-order valence-electron chi connectivity index (χ2n) is 3.80. The van der Waals surface area contributed by atoms with Crippen molar-refractivity contribution in [3.05, 3.63) is 39.4 Å². The van der Waals surface area contributed by atoms with E-state index in [4.69, 9.17) is 14.7 Å². The highest BCUT2D eigenvalue weighted by Gasteiger charge is 2.15. The topological polar surface area (TPSA) is 123 Å². The van der Waals surface area contributed by atoms with E-state index in [0.717, 1.165) is 18.2 Å². The second-order valence-corrected chi connectivity index (χ2v) is 3.80. The van der Waals surface area contributed by atoms with Gasteiger partial charge in [0.1, 0.15) is 18.2 Å². The highest BCUT2D eigenvalue weighted by Crippen LogP contribution is 2.27. The molecule has 0 saturated heterocycles. The molecule has 0 amide bonds. The van der Waals surface area contributed by atoms with Gasteiger partial charge in [0.25, 0.3) is 0 Å². The predicted octanol–water partition coefficient (Wildman–Crippen LogP) is 1.40. The third-order valence-corrected chi connectivity index (χ3v) is 2.37. The molecular weight excluding hydrogens is 280 g/mol. The van der Waals surface area contributed by atoms with Crippen LogP contribution < -0.4 is 0 Å². The second kappa shape index (κ2) is 7.62. The molecule has 8 nitrogen and oxygen atoms in total. The van der Waals surface area contributed by atoms with Crippen LogP contribution in [0.1, 0.15) is 5.56 Å². The summed E-state index contributed by atoms with van der Waals surface area (Å²) in [6, 6.07) is 5.15. The van der Waals surface area contributed by atoms with Gasteiger partial charge in [0.2, 0.25) is 0 Å². The maximum absolute atomic E-state index is 11.6. The fraction of sp³-hybridized carbons (Fsp3) is 0.231. The van der Waals surface area contributed by atoms with E-state index in [1.54, 1.807) is 6.07 Å². The molecule has 1 rings (SSSR count). The Hall–Kier alpha value is -2.92. The molecular formula is C13H12N2O6. The van der Waals surface area contributed by atoms with Crippen LogP contribution in [0.3, 0.4) is 0 Å². The van der Waals surface area contributed by atoms with Crippen molar-refractivity contribution in [2.24, 2.45) is 0 Å². The van der Waals surface area contributed by atoms with E-state index in [0.29, 0.717) is 0 Å². The summed E-state index contributed by atoms with van der Waals surface area (Å²) in [6.07, 6.45) is 1.14. The number of ether oxygens (including phenoxy) is 2. The summed E-state index contributed by atoms with van der Waals surface area (Å²) in [6.45, 7) is 0.180. The molecule has 0 bridgehead atoms. The number of phenols is 1. The summed E-state index contributed by atoms with van der Waals surface area (Å²) in [5.41, 5.74) is -0.611. The Morgan fingerprint density at radius 3 is 2.81 bits per heavy atom. The van der Waals surface area contributed by atoms with Gasteiger partial charge >= 0.3 is 11.7 Å². The minimum Gasteiger partial charge on any atom is -0.502 e. The first-order valence-corrected chi connectivity index (χ1v) is 5.75. The van der Waals surface area contributed by atoms with Crippen LogP contribution in [0.15, 0.2) is 23.8 Å². The molecule has 0 heterocycles. The molecule has 0 fully saturated rings. The van der Waals surface area contributed by atoms with Gasteiger partial charge in [-0.1, -0.05) is 6.07 Å². The van der Waals surface area contributed by atoms with Gasteiger partial charge in [0, 0.05) is 13.2 Å². The SMILES string of the molecule is COCCOC(=O)C(C#N)=Cc1ccc(O)c([N+](=O)[O-])c1. The number of carbonyl (C=O) groups excluding carboxylic acids is 1. The van der Waals surface area contributed by atoms with Crippen molar-refractivity contribution in [2.75, 3.05) is 20.3 Å². The number of nitro benzene ring substituents is 1. The Morgan fingerprint density at radius 2 is 2.24 bits per heavy atom. The van der Waals surface area contributed by atoms with Crippen LogP contribution in [0.25, 0.3) is 6.08 Å². The quantitative estimate of drug-likeness (QED) is 0.210. The van der Waals surface area contributed by atoms with Gasteiger partial charge in [-0.15, -0.1) is 0 Å². The van der Waals surface area contributed by atoms with Gasteiger partial charge in [0.05, 0.1) is 11.5 Å². The summed E-state index contributed by atoms with van der Waals surface area (Å²) < 4.78 is 9.47. The average molecular weight is 292 g/mol. The Balaban J connectivity index is 2.98. The van der Waals surface area contributed by atoms with Crippen LogP contribution in [0.5, 0.6) is 5.75 Å². The van der Waals surface area contributed by atoms with Gasteiger partial charge in [-0.25, -0.2) is 4.79 Å². The van der Waals surface area contributed by atoms with E-state index in [1.165, 1.54) is 13.2 Å². The monoisotopic (exact) mass is 292 g/mol. The number of nitrogens with zero attached hydrogens (tertiary/aromatic N) is 2. The highest BCUT2D eigenvalue weighted by molar-refractivity contribution is 5.98. The van der Waals surface area contributed by atoms with Gasteiger partial charge in [-0.05, 0) is 17.7 Å². The molecule has 0 aliphatic carbocycles. The van der Waals surface area contributed by atoms with Crippen molar-refractivity contribution in [2.45, 2.75) is 0 Å². The first-order valence-electron chi connectivity index (χ1n) is 5.75. The summed E-state index contributed by atoms with van der Waals surface area (Å²) >= 11 is 0. The molecule has 0 radical (unpaired) electrons. The molecule has 8 heteroatoms. The fourth-order valence-corrected chi connectivity index (χ4v) is 1.38. The molecule has 0 aromatic heterocycles. The molecule has 0 aliphatic heterocycles. The van der Waals surface area contributed by atoms with E-state index in [-0.39, 0.29) is 24.4 Å². The predicted molar refractivity (Wildman–Crippen MR) is 71.2 cm³/mol. The van der Waals surface area contributed by atoms with Crippen molar-refractivity contribution in [1.29, 1.82) is 5.26 Å². The van der Waals surface area contributed by atoms with Crippen LogP contribution in [0.4, 0.5) is 5.69 Å². The third-order valence-electron chi connectivity index (χ3n) is 2.37. The molecule has 0 atom stereocenters. The Kier molecular flexibility index (Phi) is 5.85. The standard InChI is InChI=1S/C13H12N2O6/c1-20-4-5-21-13(17)10(8-14)6-9-2-3-12(16)11(7-9)15(18)19/h2-3,6-7,16H,4-5H2,1H3. The van der Waals surface area contributed by atoms with Crippen molar-refractivity contribution in [3.8, 4) is 11.8 Å². The summed E-state index contributed by atoms with van der Waals surface area (Å²) in [4.78, 5) is 21.5. The molecule has 1 aromatic rings. The molecule has 0 spiro atoms. The van der Waals surface area contributed by atoms with Crippen LogP contribution in [-0.4, -0.2) is 36.3 Å². The number of phenolic OH excluding ortho intramolecular Hbond substituents is 1. The van der Waals surface area contributed by atoms with Crippen LogP contribution in [0, 0.1) is 21.4 Å². The zero-order valence-corrected chi connectivity index (χ0v) is 11.1. The van der Waals surface area contributed by atoms with Crippen molar-refractivity contribution < 1.29 is 24.3 Å². The number of carbonyl (C=O) groups is 1. The van der Waals surface area contributed by atoms with E-state index in [2.05, 4.69) is 0 Å². The van der Waals surface area contributed by atoms with Gasteiger partial charge in [-0.3, -0.25) is 10.1 Å². The maximum Gasteiger partial charge on any atom is 0.348 e. The van der Waals surface area contributed by atoms with Crippen LogP contribution >= 0.6 is 0 Å². The Morgan fingerprint density at radius 1 is 1.52 bits per heavy atom. The third kappa shape index (κ3) is 4.59. The first kappa shape index (κ1) is 16.1. The van der Waals surface area contributed by atoms with E-state index in [9.17, 15) is 20.0 Å². The van der Waals surface area contributed by atoms with Gasteiger partial charge in [-0.2, -0.15) is 5.26 Å². The number of nitro groups is 1. The fourth-order valence-electron chi connectivity index (χ4n) is 1.38. The Labute approximate surface area is 120 Å². The molecule has 1 aromatic carbocycles. The van der Waals surface area contributed by atoms with Crippen molar-refractivity contribution >= 4 is 17.7 Å². The average Bonchev–Trinajstić information content (AvgIpc) is 2.46. The minimum absolute atomic E-state index is 0.00984. The number of hydrogen-bond donors (Lipinski definition) is 1. The van der Waals surface area contributed by atoms with E-state index in [1.807, 2.05) is 0 Å². The molecule has 110 valence electrons. The normalized spacial score (nSPS) is 10.8. The lowest BCUT2D eigenvalue weighted by Gasteiger charge is -2.03. The lowest BCUT2D eigenvalue weighted by atomic mass is 10.1. The minimum atomic E-state index is -0.856. The van der Waals surface area contributed by atoms with Crippen molar-refractivity contribution in [1.82, 2.24) is 0 Å². The maximum atomic E-state index is 11.6. The number of aromatic hydroxyl groups is 1. The lowest BCUT2D eigenvalue weighted by Crippen LogP contribution is -2.11. The van der Waals surface area contributed by atoms with Crippen LogP contribution in [0.2, 0.25) is 0 Å². The first-order chi connectivity index (χ1) is 9.99.